The van der Waals surface area contributed by atoms with Crippen molar-refractivity contribution >= 4 is 11.9 Å². The van der Waals surface area contributed by atoms with Crippen LogP contribution in [0.4, 0.5) is 4.79 Å². The number of carbonyl (C=O) groups excluding carboxylic acids is 2. The summed E-state index contributed by atoms with van der Waals surface area (Å²) in [6.45, 7) is 6.04. The summed E-state index contributed by atoms with van der Waals surface area (Å²) in [5.41, 5.74) is 0.477. The Hall–Kier alpha value is -1.89. The molecule has 7 nitrogen and oxygen atoms in total. The minimum atomic E-state index is -0.712. The van der Waals surface area contributed by atoms with Crippen LogP contribution < -0.4 is 5.32 Å². The van der Waals surface area contributed by atoms with Crippen LogP contribution in [0.5, 0.6) is 0 Å². The quantitative estimate of drug-likeness (QED) is 0.816. The predicted molar refractivity (Wildman–Crippen MR) is 81.2 cm³/mol. The van der Waals surface area contributed by atoms with Gasteiger partial charge in [-0.15, -0.1) is 0 Å². The predicted octanol–water partition coefficient (Wildman–Crippen LogP) is 0.367. The van der Waals surface area contributed by atoms with Crippen molar-refractivity contribution in [3.63, 3.8) is 0 Å². The minimum absolute atomic E-state index is 0.0728. The van der Waals surface area contributed by atoms with Gasteiger partial charge >= 0.3 is 6.03 Å². The van der Waals surface area contributed by atoms with Gasteiger partial charge in [-0.3, -0.25) is 14.4 Å². The Morgan fingerprint density at radius 1 is 1.41 bits per heavy atom. The van der Waals surface area contributed by atoms with Crippen LogP contribution in [0.2, 0.25) is 0 Å². The third kappa shape index (κ3) is 2.49. The van der Waals surface area contributed by atoms with Gasteiger partial charge in [-0.2, -0.15) is 5.10 Å². The first-order valence-electron chi connectivity index (χ1n) is 7.77. The molecule has 1 unspecified atom stereocenters. The maximum atomic E-state index is 12.6. The molecule has 2 fully saturated rings. The molecule has 120 valence electrons. The second-order valence-electron chi connectivity index (χ2n) is 6.58. The molecule has 2 aliphatic rings. The van der Waals surface area contributed by atoms with Crippen LogP contribution in [0.3, 0.4) is 0 Å². The molecule has 1 atom stereocenters. The van der Waals surface area contributed by atoms with Crippen molar-refractivity contribution in [2.75, 3.05) is 19.6 Å². The maximum Gasteiger partial charge on any atom is 0.325 e. The Morgan fingerprint density at radius 3 is 2.77 bits per heavy atom. The molecule has 0 aliphatic carbocycles. The molecular weight excluding hydrogens is 282 g/mol. The van der Waals surface area contributed by atoms with Gasteiger partial charge in [0.05, 0.1) is 6.20 Å². The highest BCUT2D eigenvalue weighted by atomic mass is 16.2. The van der Waals surface area contributed by atoms with Crippen molar-refractivity contribution in [2.24, 2.45) is 7.05 Å². The first kappa shape index (κ1) is 15.0. The molecule has 0 radical (unpaired) electrons. The largest absolute Gasteiger partial charge is 0.325 e. The van der Waals surface area contributed by atoms with E-state index in [0.29, 0.717) is 13.0 Å². The van der Waals surface area contributed by atoms with Crippen LogP contribution in [-0.4, -0.2) is 62.7 Å². The molecule has 1 aromatic rings. The normalized spacial score (nSPS) is 25.7. The molecule has 2 aliphatic heterocycles. The van der Waals surface area contributed by atoms with E-state index in [-0.39, 0.29) is 18.0 Å². The third-order valence-electron chi connectivity index (χ3n) is 4.53. The molecule has 0 aromatic carbocycles. The van der Waals surface area contributed by atoms with Crippen LogP contribution in [0.25, 0.3) is 0 Å². The molecule has 2 saturated heterocycles. The van der Waals surface area contributed by atoms with Gasteiger partial charge in [-0.25, -0.2) is 4.79 Å². The summed E-state index contributed by atoms with van der Waals surface area (Å²) in [6.07, 6.45) is 5.47. The average Bonchev–Trinajstić information content (AvgIpc) is 3.09. The van der Waals surface area contributed by atoms with Gasteiger partial charge in [0.2, 0.25) is 0 Å². The van der Waals surface area contributed by atoms with Crippen molar-refractivity contribution in [3.8, 4) is 0 Å². The zero-order valence-corrected chi connectivity index (χ0v) is 13.4. The van der Waals surface area contributed by atoms with Crippen molar-refractivity contribution in [1.82, 2.24) is 24.9 Å². The lowest BCUT2D eigenvalue weighted by atomic mass is 9.98. The number of nitrogens with one attached hydrogen (secondary N) is 1. The molecule has 7 heteroatoms. The number of aromatic nitrogens is 2. The molecule has 3 heterocycles. The van der Waals surface area contributed by atoms with Crippen LogP contribution in [-0.2, 0) is 18.3 Å². The van der Waals surface area contributed by atoms with E-state index in [9.17, 15) is 9.59 Å². The van der Waals surface area contributed by atoms with E-state index in [2.05, 4.69) is 15.3 Å². The van der Waals surface area contributed by atoms with Gasteiger partial charge in [0.25, 0.3) is 5.91 Å². The van der Waals surface area contributed by atoms with Gasteiger partial charge in [0.1, 0.15) is 5.54 Å². The smallest absolute Gasteiger partial charge is 0.322 e. The fourth-order valence-corrected chi connectivity index (χ4v) is 3.35. The van der Waals surface area contributed by atoms with Gasteiger partial charge in [-0.05, 0) is 32.3 Å². The summed E-state index contributed by atoms with van der Waals surface area (Å²) < 4.78 is 1.79. The number of amides is 3. The van der Waals surface area contributed by atoms with Crippen molar-refractivity contribution < 1.29 is 9.59 Å². The second-order valence-corrected chi connectivity index (χ2v) is 6.58. The number of likely N-dealkylation sites (tertiary alicyclic amines) is 1. The second kappa shape index (κ2) is 5.39. The standard InChI is InChI=1S/C15H23N5O2/c1-11(2)20-13(21)15(17-14(20)22)5-7-19(10-15)6-4-12-8-16-18(3)9-12/h8-9,11H,4-7,10H2,1-3H3,(H,17,22). The van der Waals surface area contributed by atoms with Crippen LogP contribution in [0.1, 0.15) is 25.8 Å². The lowest BCUT2D eigenvalue weighted by Crippen LogP contribution is -2.49. The first-order chi connectivity index (χ1) is 10.4. The lowest BCUT2D eigenvalue weighted by Gasteiger charge is -2.23. The fourth-order valence-electron chi connectivity index (χ4n) is 3.35. The van der Waals surface area contributed by atoms with Crippen molar-refractivity contribution in [3.05, 3.63) is 18.0 Å². The Kier molecular flexibility index (Phi) is 3.68. The highest BCUT2D eigenvalue weighted by Crippen LogP contribution is 2.29. The van der Waals surface area contributed by atoms with Crippen molar-refractivity contribution in [2.45, 2.75) is 38.3 Å². The Labute approximate surface area is 130 Å². The molecule has 3 rings (SSSR count). The van der Waals surface area contributed by atoms with Crippen LogP contribution in [0, 0.1) is 0 Å². The number of hydrogen-bond donors (Lipinski definition) is 1. The molecule has 22 heavy (non-hydrogen) atoms. The summed E-state index contributed by atoms with van der Waals surface area (Å²) in [5, 5.41) is 7.09. The third-order valence-corrected chi connectivity index (χ3v) is 4.53. The molecule has 0 bridgehead atoms. The SMILES string of the molecule is CC(C)N1C(=O)NC2(CCN(CCc3cnn(C)c3)C2)C1=O. The Bertz CT molecular complexity index is 597. The molecule has 1 N–H and O–H groups in total. The topological polar surface area (TPSA) is 70.5 Å². The van der Waals surface area contributed by atoms with Gasteiger partial charge < -0.3 is 10.2 Å². The number of carbonyl (C=O) groups is 2. The minimum Gasteiger partial charge on any atom is -0.322 e. The number of nitrogens with zero attached hydrogens (tertiary/aromatic N) is 4. The lowest BCUT2D eigenvalue weighted by molar-refractivity contribution is -0.132. The number of urea groups is 1. The zero-order chi connectivity index (χ0) is 15.9. The Balaban J connectivity index is 1.62. The van der Waals surface area contributed by atoms with E-state index in [1.807, 2.05) is 33.3 Å². The van der Waals surface area contributed by atoms with E-state index in [1.54, 1.807) is 4.68 Å². The summed E-state index contributed by atoms with van der Waals surface area (Å²) in [6, 6.07) is -0.356. The van der Waals surface area contributed by atoms with E-state index >= 15 is 0 Å². The Morgan fingerprint density at radius 2 is 2.18 bits per heavy atom. The molecule has 0 saturated carbocycles. The highest BCUT2D eigenvalue weighted by Gasteiger charge is 2.54. The van der Waals surface area contributed by atoms with Crippen LogP contribution in [0.15, 0.2) is 12.4 Å². The number of rotatable bonds is 4. The molecule has 1 spiro atoms. The highest BCUT2D eigenvalue weighted by molar-refractivity contribution is 6.07. The molecular formula is C15H23N5O2. The molecule has 3 amide bonds. The van der Waals surface area contributed by atoms with E-state index < -0.39 is 5.54 Å². The zero-order valence-electron chi connectivity index (χ0n) is 13.4. The summed E-state index contributed by atoms with van der Waals surface area (Å²) in [7, 11) is 1.90. The van der Waals surface area contributed by atoms with Crippen LogP contribution >= 0.6 is 0 Å². The number of hydrogen-bond acceptors (Lipinski definition) is 4. The van der Waals surface area contributed by atoms with E-state index in [0.717, 1.165) is 19.5 Å². The summed E-state index contributed by atoms with van der Waals surface area (Å²) >= 11 is 0. The van der Waals surface area contributed by atoms with Gasteiger partial charge in [-0.1, -0.05) is 0 Å². The van der Waals surface area contributed by atoms with Crippen molar-refractivity contribution in [1.29, 1.82) is 0 Å². The van der Waals surface area contributed by atoms with E-state index in [1.165, 1.54) is 10.5 Å². The summed E-state index contributed by atoms with van der Waals surface area (Å²) in [4.78, 5) is 28.2. The fraction of sp³-hybridized carbons (Fsp3) is 0.667. The summed E-state index contributed by atoms with van der Waals surface area (Å²) in [5.74, 6) is -0.0728. The van der Waals surface area contributed by atoms with E-state index in [4.69, 9.17) is 0 Å². The first-order valence-corrected chi connectivity index (χ1v) is 7.77. The van der Waals surface area contributed by atoms with Gasteiger partial charge in [0, 0.05) is 38.9 Å². The van der Waals surface area contributed by atoms with Gasteiger partial charge in [0.15, 0.2) is 0 Å². The molecule has 1 aromatic heterocycles. The number of aryl methyl sites for hydroxylation is 1. The maximum absolute atomic E-state index is 12.6. The average molecular weight is 305 g/mol. The monoisotopic (exact) mass is 305 g/mol. The number of imide groups is 1.